The van der Waals surface area contributed by atoms with Crippen molar-refractivity contribution in [3.63, 3.8) is 0 Å². The third kappa shape index (κ3) is 4.43. The lowest BCUT2D eigenvalue weighted by molar-refractivity contribution is 1.06. The molecule has 5 heavy (non-hydrogen) atoms. The van der Waals surface area contributed by atoms with Crippen LogP contribution in [0.15, 0.2) is 0 Å². The second-order valence-corrected chi connectivity index (χ2v) is 2.19. The van der Waals surface area contributed by atoms with Crippen LogP contribution in [-0.2, 0) is 0 Å². The highest BCUT2D eigenvalue weighted by atomic mass is 31.0. The number of hydrogen-bond donors (Lipinski definition) is 0. The summed E-state index contributed by atoms with van der Waals surface area (Å²) in [7, 11) is 2.65. The average Bonchev–Trinajstić information content (AvgIpc) is 1.38. The Hall–Kier alpha value is 0.430. The van der Waals surface area contributed by atoms with Gasteiger partial charge in [0.2, 0.25) is 0 Å². The fraction of sp³-hybridized carbons (Fsp3) is 0.750. The van der Waals surface area contributed by atoms with Crippen molar-refractivity contribution in [3.8, 4) is 0 Å². The van der Waals surface area contributed by atoms with Gasteiger partial charge in [-0.15, -0.1) is 9.24 Å². The Bertz CT molecular complexity index is 17.6. The maximum Gasteiger partial charge on any atom is -0.00932 e. The van der Waals surface area contributed by atoms with E-state index in [4.69, 9.17) is 0 Å². The van der Waals surface area contributed by atoms with Crippen molar-refractivity contribution < 1.29 is 0 Å². The van der Waals surface area contributed by atoms with E-state index in [0.29, 0.717) is 0 Å². The molecule has 0 amide bonds. The maximum atomic E-state index is 2.65. The summed E-state index contributed by atoms with van der Waals surface area (Å²) in [6.45, 7) is 4.24. The molecule has 1 heteroatoms. The van der Waals surface area contributed by atoms with E-state index >= 15 is 0 Å². The lowest BCUT2D eigenvalue weighted by atomic mass is 10.4. The van der Waals surface area contributed by atoms with Gasteiger partial charge < -0.3 is 0 Å². The van der Waals surface area contributed by atoms with Gasteiger partial charge in [-0.25, -0.2) is 0 Å². The topological polar surface area (TPSA) is 0 Å². The first-order valence-corrected chi connectivity index (χ1v) is 2.43. The molecule has 0 aliphatic rings. The van der Waals surface area contributed by atoms with E-state index in [0.717, 1.165) is 0 Å². The van der Waals surface area contributed by atoms with Crippen molar-refractivity contribution >= 4 is 9.24 Å². The highest BCUT2D eigenvalue weighted by molar-refractivity contribution is 7.20. The molecule has 0 aliphatic heterocycles. The Morgan fingerprint density at radius 1 is 1.80 bits per heavy atom. The van der Waals surface area contributed by atoms with E-state index in [9.17, 15) is 0 Å². The third-order valence-electron chi connectivity index (χ3n) is 0.558. The van der Waals surface area contributed by atoms with Crippen molar-refractivity contribution in [1.82, 2.24) is 0 Å². The van der Waals surface area contributed by atoms with Gasteiger partial charge in [0, 0.05) is 0 Å². The van der Waals surface area contributed by atoms with Gasteiger partial charge in [0.15, 0.2) is 0 Å². The summed E-state index contributed by atoms with van der Waals surface area (Å²) in [5, 5.41) is 0. The van der Waals surface area contributed by atoms with Crippen molar-refractivity contribution in [2.24, 2.45) is 0 Å². The van der Waals surface area contributed by atoms with Crippen LogP contribution in [-0.4, -0.2) is 0 Å². The molecule has 0 aromatic heterocycles. The second kappa shape index (κ2) is 2.66. The zero-order chi connectivity index (χ0) is 4.28. The minimum absolute atomic E-state index is 1.19. The third-order valence-corrected chi connectivity index (χ3v) is 0.966. The summed E-state index contributed by atoms with van der Waals surface area (Å²) < 4.78 is 0. The molecule has 0 fully saturated rings. The van der Waals surface area contributed by atoms with Gasteiger partial charge >= 0.3 is 0 Å². The minimum atomic E-state index is 1.19. The molecule has 1 unspecified atom stereocenters. The summed E-state index contributed by atoms with van der Waals surface area (Å²) in [5.41, 5.74) is 1.42. The number of rotatable bonds is 1. The van der Waals surface area contributed by atoms with Gasteiger partial charge in [-0.3, -0.25) is 0 Å². The molecule has 1 radical (unpaired) electrons. The first-order valence-electron chi connectivity index (χ1n) is 1.85. The molecule has 31 valence electrons. The van der Waals surface area contributed by atoms with Crippen LogP contribution in [0.2, 0.25) is 0 Å². The van der Waals surface area contributed by atoms with Crippen LogP contribution in [0.1, 0.15) is 20.3 Å². The van der Waals surface area contributed by atoms with E-state index in [1.165, 1.54) is 12.1 Å². The van der Waals surface area contributed by atoms with E-state index in [-0.39, 0.29) is 0 Å². The molecule has 0 rings (SSSR count). The number of hydrogen-bond acceptors (Lipinski definition) is 0. The molecule has 0 aromatic carbocycles. The molecule has 0 saturated carbocycles. The molecule has 0 saturated heterocycles. The van der Waals surface area contributed by atoms with Gasteiger partial charge in [0.05, 0.1) is 0 Å². The first kappa shape index (κ1) is 5.43. The van der Waals surface area contributed by atoms with E-state index in [1.807, 2.05) is 0 Å². The molecule has 0 heterocycles. The molecule has 0 N–H and O–H groups in total. The molecule has 1 atom stereocenters. The molecule has 0 aromatic rings. The maximum absolute atomic E-state index is 2.65. The molecule has 0 bridgehead atoms. The molecule has 0 spiro atoms. The summed E-state index contributed by atoms with van der Waals surface area (Å²) in [4.78, 5) is 0. The lowest BCUT2D eigenvalue weighted by Crippen LogP contribution is -1.66. The Labute approximate surface area is 36.2 Å². The van der Waals surface area contributed by atoms with Crippen LogP contribution in [0.3, 0.4) is 0 Å². The summed E-state index contributed by atoms with van der Waals surface area (Å²) >= 11 is 0. The Morgan fingerprint density at radius 2 is 2.00 bits per heavy atom. The van der Waals surface area contributed by atoms with Crippen molar-refractivity contribution in [1.29, 1.82) is 0 Å². The smallest absolute Gasteiger partial charge is 0.00932 e. The van der Waals surface area contributed by atoms with Gasteiger partial charge in [-0.1, -0.05) is 13.8 Å². The highest BCUT2D eigenvalue weighted by Crippen LogP contribution is 2.10. The van der Waals surface area contributed by atoms with Gasteiger partial charge in [-0.05, 0) is 12.1 Å². The first-order chi connectivity index (χ1) is 2.27. The summed E-state index contributed by atoms with van der Waals surface area (Å²) in [5.74, 6) is 0. The molecular formula is C4H10P. The van der Waals surface area contributed by atoms with Crippen LogP contribution < -0.4 is 0 Å². The van der Waals surface area contributed by atoms with E-state index in [2.05, 4.69) is 23.1 Å². The fourth-order valence-corrected chi connectivity index (χ4v) is 0. The zero-order valence-electron chi connectivity index (χ0n) is 3.78. The molecule has 0 aliphatic carbocycles. The highest BCUT2D eigenvalue weighted by Gasteiger charge is 1.81. The van der Waals surface area contributed by atoms with Crippen LogP contribution >= 0.6 is 9.24 Å². The fourth-order valence-electron chi connectivity index (χ4n) is 0. The van der Waals surface area contributed by atoms with Crippen LogP contribution in [0.25, 0.3) is 0 Å². The van der Waals surface area contributed by atoms with E-state index in [1.54, 1.807) is 0 Å². The average molecular weight is 89.1 g/mol. The SMILES string of the molecule is CC[C](C)P. The van der Waals surface area contributed by atoms with Gasteiger partial charge in [-0.2, -0.15) is 0 Å². The Balaban J connectivity index is 2.54. The monoisotopic (exact) mass is 89.1 g/mol. The van der Waals surface area contributed by atoms with Crippen molar-refractivity contribution in [2.75, 3.05) is 0 Å². The van der Waals surface area contributed by atoms with Crippen LogP contribution in [0.4, 0.5) is 0 Å². The minimum Gasteiger partial charge on any atom is -0.130 e. The second-order valence-electron chi connectivity index (χ2n) is 1.20. The quantitative estimate of drug-likeness (QED) is 0.430. The largest absolute Gasteiger partial charge is 0.130 e. The summed E-state index contributed by atoms with van der Waals surface area (Å²) in [6.07, 6.45) is 1.19. The standard InChI is InChI=1S/C4H10P/c1-3-4(2)5/h3,5H2,1-2H3. The van der Waals surface area contributed by atoms with Crippen molar-refractivity contribution in [2.45, 2.75) is 20.3 Å². The van der Waals surface area contributed by atoms with Gasteiger partial charge in [0.1, 0.15) is 0 Å². The van der Waals surface area contributed by atoms with Gasteiger partial charge in [0.25, 0.3) is 0 Å². The van der Waals surface area contributed by atoms with Crippen LogP contribution in [0.5, 0.6) is 0 Å². The Morgan fingerprint density at radius 3 is 2.00 bits per heavy atom. The van der Waals surface area contributed by atoms with Crippen LogP contribution in [0, 0.1) is 5.66 Å². The predicted molar refractivity (Wildman–Crippen MR) is 28.9 cm³/mol. The normalized spacial score (nSPS) is 9.60. The van der Waals surface area contributed by atoms with E-state index < -0.39 is 0 Å². The summed E-state index contributed by atoms with van der Waals surface area (Å²) in [6, 6.07) is 0. The predicted octanol–water partition coefficient (Wildman–Crippen LogP) is 1.82. The Kier molecular flexibility index (Phi) is 2.88. The van der Waals surface area contributed by atoms with Crippen molar-refractivity contribution in [3.05, 3.63) is 5.66 Å². The molecule has 0 nitrogen and oxygen atoms in total. The zero-order valence-corrected chi connectivity index (χ0v) is 4.94. The molecular weight excluding hydrogens is 79.0 g/mol. The lowest BCUT2D eigenvalue weighted by Gasteiger charge is -1.89.